The molecule has 110 valence electrons. The van der Waals surface area contributed by atoms with E-state index >= 15 is 0 Å². The van der Waals surface area contributed by atoms with Gasteiger partial charge in [-0.25, -0.2) is 0 Å². The van der Waals surface area contributed by atoms with Gasteiger partial charge in [0.15, 0.2) is 11.5 Å². The highest BCUT2D eigenvalue weighted by Crippen LogP contribution is 2.42. The first-order valence-electron chi connectivity index (χ1n) is 7.23. The fourth-order valence-electron chi connectivity index (χ4n) is 2.91. The second-order valence-electron chi connectivity index (χ2n) is 5.30. The van der Waals surface area contributed by atoms with Crippen molar-refractivity contribution in [3.05, 3.63) is 21.7 Å². The Labute approximate surface area is 128 Å². The molecular weight excluding hydrogens is 320 g/mol. The van der Waals surface area contributed by atoms with Crippen molar-refractivity contribution in [2.75, 3.05) is 46.4 Å². The number of rotatable bonds is 4. The Balaban J connectivity index is 1.75. The lowest BCUT2D eigenvalue weighted by Gasteiger charge is -2.27. The van der Waals surface area contributed by atoms with Crippen LogP contribution in [0.3, 0.4) is 0 Å². The maximum Gasteiger partial charge on any atom is 0.165 e. The minimum absolute atomic E-state index is 0.755. The standard InChI is InChI=1S/C15H21BrN2O2/c1-19-13-10-11(2-6-18-7-4-17-5-8-18)14(16)12-3-9-20-15(12)13/h10,17H,2-9H2,1H3. The van der Waals surface area contributed by atoms with Crippen molar-refractivity contribution < 1.29 is 9.47 Å². The van der Waals surface area contributed by atoms with Crippen molar-refractivity contribution in [2.45, 2.75) is 12.8 Å². The Bertz CT molecular complexity index is 487. The van der Waals surface area contributed by atoms with Crippen molar-refractivity contribution in [2.24, 2.45) is 0 Å². The summed E-state index contributed by atoms with van der Waals surface area (Å²) in [7, 11) is 1.71. The van der Waals surface area contributed by atoms with Crippen molar-refractivity contribution in [1.82, 2.24) is 10.2 Å². The largest absolute Gasteiger partial charge is 0.493 e. The van der Waals surface area contributed by atoms with Crippen molar-refractivity contribution >= 4 is 15.9 Å². The molecule has 3 rings (SSSR count). The van der Waals surface area contributed by atoms with Crippen molar-refractivity contribution in [3.63, 3.8) is 0 Å². The number of piperazine rings is 1. The minimum Gasteiger partial charge on any atom is -0.493 e. The quantitative estimate of drug-likeness (QED) is 0.906. The zero-order valence-electron chi connectivity index (χ0n) is 11.9. The number of halogens is 1. The van der Waals surface area contributed by atoms with E-state index in [1.54, 1.807) is 7.11 Å². The van der Waals surface area contributed by atoms with E-state index < -0.39 is 0 Å². The first-order chi connectivity index (χ1) is 9.79. The number of hydrogen-bond acceptors (Lipinski definition) is 4. The lowest BCUT2D eigenvalue weighted by atomic mass is 10.0. The van der Waals surface area contributed by atoms with Gasteiger partial charge in [0.25, 0.3) is 0 Å². The number of nitrogens with zero attached hydrogens (tertiary/aromatic N) is 1. The first-order valence-corrected chi connectivity index (χ1v) is 8.03. The maximum atomic E-state index is 5.68. The summed E-state index contributed by atoms with van der Waals surface area (Å²) in [4.78, 5) is 2.51. The van der Waals surface area contributed by atoms with Crippen molar-refractivity contribution in [1.29, 1.82) is 0 Å². The van der Waals surface area contributed by atoms with E-state index in [1.807, 2.05) is 0 Å². The molecule has 1 saturated heterocycles. The van der Waals surface area contributed by atoms with E-state index in [2.05, 4.69) is 32.2 Å². The van der Waals surface area contributed by atoms with Crippen molar-refractivity contribution in [3.8, 4) is 11.5 Å². The van der Waals surface area contributed by atoms with E-state index in [0.29, 0.717) is 0 Å². The molecule has 1 aromatic carbocycles. The number of benzene rings is 1. The molecule has 1 N–H and O–H groups in total. The Morgan fingerprint density at radius 1 is 1.40 bits per heavy atom. The summed E-state index contributed by atoms with van der Waals surface area (Å²) in [5.41, 5.74) is 2.59. The van der Waals surface area contributed by atoms with Crippen LogP contribution in [0.4, 0.5) is 0 Å². The molecule has 4 nitrogen and oxygen atoms in total. The van der Waals surface area contributed by atoms with Crippen LogP contribution >= 0.6 is 15.9 Å². The Hall–Kier alpha value is -0.780. The summed E-state index contributed by atoms with van der Waals surface area (Å²) in [5, 5.41) is 3.39. The van der Waals surface area contributed by atoms with Gasteiger partial charge in [0.2, 0.25) is 0 Å². The van der Waals surface area contributed by atoms with Crippen LogP contribution in [-0.4, -0.2) is 51.3 Å². The molecule has 0 bridgehead atoms. The van der Waals surface area contributed by atoms with Gasteiger partial charge in [-0.15, -0.1) is 0 Å². The van der Waals surface area contributed by atoms with E-state index in [4.69, 9.17) is 9.47 Å². The number of nitrogens with one attached hydrogen (secondary N) is 1. The molecule has 0 saturated carbocycles. The molecular formula is C15H21BrN2O2. The molecule has 0 spiro atoms. The molecule has 2 aliphatic rings. The number of hydrogen-bond donors (Lipinski definition) is 1. The summed E-state index contributed by atoms with van der Waals surface area (Å²) < 4.78 is 12.4. The first kappa shape index (κ1) is 14.2. The zero-order valence-corrected chi connectivity index (χ0v) is 13.5. The number of methoxy groups -OCH3 is 1. The minimum atomic E-state index is 0.755. The molecule has 2 heterocycles. The lowest BCUT2D eigenvalue weighted by Crippen LogP contribution is -2.44. The summed E-state index contributed by atoms with van der Waals surface area (Å²) in [5.74, 6) is 1.79. The molecule has 2 aliphatic heterocycles. The molecule has 0 amide bonds. The molecule has 0 aliphatic carbocycles. The monoisotopic (exact) mass is 340 g/mol. The normalized spacial score (nSPS) is 18.7. The molecule has 5 heteroatoms. The second kappa shape index (κ2) is 6.33. The molecule has 0 unspecified atom stereocenters. The topological polar surface area (TPSA) is 33.7 Å². The van der Waals surface area contributed by atoms with Gasteiger partial charge in [-0.1, -0.05) is 15.9 Å². The zero-order chi connectivity index (χ0) is 13.9. The second-order valence-corrected chi connectivity index (χ2v) is 6.09. The fraction of sp³-hybridized carbons (Fsp3) is 0.600. The summed E-state index contributed by atoms with van der Waals surface area (Å²) in [6.07, 6.45) is 2.01. The van der Waals surface area contributed by atoms with Gasteiger partial charge >= 0.3 is 0 Å². The van der Waals surface area contributed by atoms with Crippen LogP contribution in [0.1, 0.15) is 11.1 Å². The van der Waals surface area contributed by atoms with Crippen LogP contribution in [0.2, 0.25) is 0 Å². The molecule has 0 aromatic heterocycles. The van der Waals surface area contributed by atoms with Crippen LogP contribution < -0.4 is 14.8 Å². The highest BCUT2D eigenvalue weighted by Gasteiger charge is 2.23. The van der Waals surface area contributed by atoms with E-state index in [1.165, 1.54) is 15.6 Å². The predicted octanol–water partition coefficient (Wildman–Crippen LogP) is 1.84. The average Bonchev–Trinajstić information content (AvgIpc) is 2.98. The average molecular weight is 341 g/mol. The van der Waals surface area contributed by atoms with E-state index in [-0.39, 0.29) is 0 Å². The number of fused-ring (bicyclic) bond motifs is 1. The molecule has 20 heavy (non-hydrogen) atoms. The van der Waals surface area contributed by atoms with E-state index in [0.717, 1.165) is 63.7 Å². The Morgan fingerprint density at radius 2 is 2.20 bits per heavy atom. The SMILES string of the molecule is COc1cc(CCN2CCNCC2)c(Br)c2c1OCC2. The van der Waals surface area contributed by atoms with Gasteiger partial charge in [0, 0.05) is 49.2 Å². The van der Waals surface area contributed by atoms with E-state index in [9.17, 15) is 0 Å². The third-order valence-electron chi connectivity index (χ3n) is 4.08. The lowest BCUT2D eigenvalue weighted by molar-refractivity contribution is 0.243. The van der Waals surface area contributed by atoms with Crippen LogP contribution in [0.5, 0.6) is 11.5 Å². The highest BCUT2D eigenvalue weighted by atomic mass is 79.9. The predicted molar refractivity (Wildman–Crippen MR) is 82.9 cm³/mol. The smallest absolute Gasteiger partial charge is 0.165 e. The highest BCUT2D eigenvalue weighted by molar-refractivity contribution is 9.10. The Morgan fingerprint density at radius 3 is 2.95 bits per heavy atom. The van der Waals surface area contributed by atoms with Gasteiger partial charge in [-0.2, -0.15) is 0 Å². The third kappa shape index (κ3) is 2.80. The summed E-state index contributed by atoms with van der Waals surface area (Å²) in [6, 6.07) is 2.12. The van der Waals surface area contributed by atoms with Gasteiger partial charge in [-0.3, -0.25) is 0 Å². The Kier molecular flexibility index (Phi) is 4.48. The molecule has 0 radical (unpaired) electrons. The molecule has 1 aromatic rings. The summed E-state index contributed by atoms with van der Waals surface area (Å²) >= 11 is 3.75. The molecule has 0 atom stereocenters. The van der Waals surface area contributed by atoms with Crippen LogP contribution in [0.15, 0.2) is 10.5 Å². The van der Waals surface area contributed by atoms with Gasteiger partial charge in [0.1, 0.15) is 0 Å². The third-order valence-corrected chi connectivity index (χ3v) is 5.06. The van der Waals surface area contributed by atoms with Gasteiger partial charge in [0.05, 0.1) is 13.7 Å². The number of ether oxygens (including phenoxy) is 2. The fourth-order valence-corrected chi connectivity index (χ4v) is 3.60. The van der Waals surface area contributed by atoms with Gasteiger partial charge in [-0.05, 0) is 18.1 Å². The van der Waals surface area contributed by atoms with Crippen LogP contribution in [0, 0.1) is 0 Å². The maximum absolute atomic E-state index is 5.68. The summed E-state index contributed by atoms with van der Waals surface area (Å²) in [6.45, 7) is 6.34. The molecule has 1 fully saturated rings. The van der Waals surface area contributed by atoms with Crippen LogP contribution in [-0.2, 0) is 12.8 Å². The van der Waals surface area contributed by atoms with Gasteiger partial charge < -0.3 is 19.7 Å². The van der Waals surface area contributed by atoms with Crippen LogP contribution in [0.25, 0.3) is 0 Å².